The average Bonchev–Trinajstić information content (AvgIpc) is 3.94. The Hall–Kier alpha value is -0.910. The molecule has 3 saturated heterocycles. The minimum Gasteiger partial charge on any atom is -0.396 e. The van der Waals surface area contributed by atoms with E-state index in [4.69, 9.17) is 15.2 Å². The maximum absolute atomic E-state index is 14.2. The van der Waals surface area contributed by atoms with Crippen LogP contribution in [0.5, 0.6) is 0 Å². The maximum atomic E-state index is 14.2. The first kappa shape index (κ1) is 41.8. The van der Waals surface area contributed by atoms with Crippen LogP contribution in [-0.2, 0) is 14.3 Å². The van der Waals surface area contributed by atoms with E-state index in [1.165, 1.54) is 38.5 Å². The van der Waals surface area contributed by atoms with E-state index in [1.807, 2.05) is 19.9 Å². The lowest BCUT2D eigenvalue weighted by molar-refractivity contribution is -0.201. The highest BCUT2D eigenvalue weighted by Gasteiger charge is 2.76. The van der Waals surface area contributed by atoms with Crippen molar-refractivity contribution in [3.63, 3.8) is 0 Å². The summed E-state index contributed by atoms with van der Waals surface area (Å²) in [5, 5.41) is 51.2. The van der Waals surface area contributed by atoms with Crippen molar-refractivity contribution in [3.05, 3.63) is 11.6 Å². The fourth-order valence-corrected chi connectivity index (χ4v) is 15.0. The lowest BCUT2D eigenvalue weighted by Gasteiger charge is -2.63. The zero-order chi connectivity index (χ0) is 39.9. The first-order chi connectivity index (χ1) is 26.5. The van der Waals surface area contributed by atoms with E-state index >= 15 is 0 Å². The molecule has 2 unspecified atom stereocenters. The van der Waals surface area contributed by atoms with Crippen LogP contribution >= 0.6 is 0 Å². The van der Waals surface area contributed by atoms with Gasteiger partial charge < -0.3 is 41.0 Å². The van der Waals surface area contributed by atoms with E-state index < -0.39 is 39.8 Å². The SMILES string of the molecule is C[C@H]1CCO[C@@]([C@@H]2O[C@@H]2[C@](C)(O)[C@](C)(CO)CCC2CCNC(N)C2)([C@@H]2CC[C@]3(O)C4=CC(=O)[C@H]5C[C@@H](O)CC[C@]5(C)[C@@H]4[C@@H](CCC4CCCCC4)C[C@]23C)C1. The third kappa shape index (κ3) is 6.75. The third-order valence-electron chi connectivity index (χ3n) is 18.8. The lowest BCUT2D eigenvalue weighted by atomic mass is 9.42. The summed E-state index contributed by atoms with van der Waals surface area (Å²) in [6, 6.07) is 0. The molecule has 9 nitrogen and oxygen atoms in total. The van der Waals surface area contributed by atoms with E-state index in [0.717, 1.165) is 75.8 Å². The molecule has 56 heavy (non-hydrogen) atoms. The summed E-state index contributed by atoms with van der Waals surface area (Å²) in [5.74, 6) is 1.89. The number of nitrogens with one attached hydrogen (secondary N) is 1. The Labute approximate surface area is 337 Å². The highest BCUT2D eigenvalue weighted by molar-refractivity contribution is 5.95. The maximum Gasteiger partial charge on any atom is 0.159 e. The lowest BCUT2D eigenvalue weighted by Crippen LogP contribution is -2.65. The topological polar surface area (TPSA) is 158 Å². The van der Waals surface area contributed by atoms with Gasteiger partial charge in [0, 0.05) is 23.4 Å². The minimum atomic E-state index is -1.30. The van der Waals surface area contributed by atoms with Gasteiger partial charge in [0.1, 0.15) is 17.8 Å². The van der Waals surface area contributed by atoms with Crippen molar-refractivity contribution in [2.24, 2.45) is 63.4 Å². The van der Waals surface area contributed by atoms with E-state index in [1.54, 1.807) is 0 Å². The average molecular weight is 783 g/mol. The number of piperidine rings is 1. The molecule has 16 atom stereocenters. The van der Waals surface area contributed by atoms with E-state index in [0.29, 0.717) is 50.0 Å². The molecule has 0 aromatic carbocycles. The van der Waals surface area contributed by atoms with Crippen molar-refractivity contribution in [1.29, 1.82) is 0 Å². The molecule has 4 saturated carbocycles. The predicted octanol–water partition coefficient (Wildman–Crippen LogP) is 6.57. The molecule has 3 heterocycles. The number of hydrogen-bond donors (Lipinski definition) is 6. The van der Waals surface area contributed by atoms with Crippen molar-refractivity contribution < 1.29 is 34.7 Å². The summed E-state index contributed by atoms with van der Waals surface area (Å²) in [4.78, 5) is 14.2. The first-order valence-electron chi connectivity index (χ1n) is 23.3. The number of aliphatic hydroxyl groups is 4. The Kier molecular flexibility index (Phi) is 11.4. The van der Waals surface area contributed by atoms with Gasteiger partial charge in [0.15, 0.2) is 5.78 Å². The Morgan fingerprint density at radius 3 is 2.45 bits per heavy atom. The molecule has 0 aromatic rings. The number of fused-ring (bicyclic) bond motifs is 5. The van der Waals surface area contributed by atoms with Gasteiger partial charge in [-0.15, -0.1) is 0 Å². The minimum absolute atomic E-state index is 0.00761. The quantitative estimate of drug-likeness (QED) is 0.128. The zero-order valence-corrected chi connectivity index (χ0v) is 35.6. The Morgan fingerprint density at radius 1 is 0.964 bits per heavy atom. The summed E-state index contributed by atoms with van der Waals surface area (Å²) in [5.41, 5.74) is 2.45. The first-order valence-corrected chi connectivity index (χ1v) is 23.3. The fraction of sp³-hybridized carbons (Fsp3) is 0.936. The molecule has 0 bridgehead atoms. The molecule has 8 rings (SSSR count). The molecule has 8 aliphatic rings. The smallest absolute Gasteiger partial charge is 0.159 e. The molecule has 3 aliphatic heterocycles. The van der Waals surface area contributed by atoms with Gasteiger partial charge in [-0.25, -0.2) is 0 Å². The van der Waals surface area contributed by atoms with Crippen LogP contribution in [0.15, 0.2) is 11.6 Å². The van der Waals surface area contributed by atoms with Crippen LogP contribution in [0.1, 0.15) is 157 Å². The Morgan fingerprint density at radius 2 is 1.73 bits per heavy atom. The molecular formula is C47H78N2O7. The predicted molar refractivity (Wildman–Crippen MR) is 217 cm³/mol. The van der Waals surface area contributed by atoms with Gasteiger partial charge in [0.05, 0.1) is 30.1 Å². The molecule has 0 radical (unpaired) electrons. The number of ketones is 1. The number of ether oxygens (including phenoxy) is 2. The number of nitrogens with two attached hydrogens (primary N) is 1. The number of allylic oxidation sites excluding steroid dienone is 1. The second-order valence-corrected chi connectivity index (χ2v) is 22.1. The van der Waals surface area contributed by atoms with Crippen molar-refractivity contribution in [1.82, 2.24) is 5.32 Å². The fourth-order valence-electron chi connectivity index (χ4n) is 15.0. The summed E-state index contributed by atoms with van der Waals surface area (Å²) in [7, 11) is 0. The van der Waals surface area contributed by atoms with Crippen molar-refractivity contribution in [2.45, 2.75) is 198 Å². The number of rotatable bonds is 11. The van der Waals surface area contributed by atoms with Gasteiger partial charge in [-0.05, 0) is 150 Å². The Balaban J connectivity index is 1.13. The highest BCUT2D eigenvalue weighted by Crippen LogP contribution is 2.72. The zero-order valence-electron chi connectivity index (χ0n) is 35.6. The molecular weight excluding hydrogens is 705 g/mol. The standard InChI is InChI=1S/C47H78N2O7/c1-29-17-22-55-46(26-29,41-40(56-41)45(5,53)42(2,28-50)18-13-31-16-21-49-38(48)23-31)37-15-20-47(54)35-25-36(52)34-24-33(51)14-19-43(34,3)39(35)32(27-44(37,47)4)12-11-30-9-7-6-8-10-30/h25,29-34,37-41,49-51,53-54H,6-24,26-28,48H2,1-5H3/t29-,31?,32-,33-,34+,37+,38?,39+,40-,41+,42-,43-,44+,45-,46+,47-/m0/s1. The van der Waals surface area contributed by atoms with Gasteiger partial charge >= 0.3 is 0 Å². The number of aliphatic hydroxyl groups excluding tert-OH is 2. The van der Waals surface area contributed by atoms with Crippen molar-refractivity contribution in [2.75, 3.05) is 19.8 Å². The summed E-state index contributed by atoms with van der Waals surface area (Å²) in [6.45, 7) is 12.2. The van der Waals surface area contributed by atoms with Crippen LogP contribution in [0.2, 0.25) is 0 Å². The number of carbonyl (C=O) groups is 1. The molecule has 9 heteroatoms. The van der Waals surface area contributed by atoms with E-state index in [9.17, 15) is 25.2 Å². The second kappa shape index (κ2) is 15.2. The van der Waals surface area contributed by atoms with E-state index in [-0.39, 0.29) is 47.8 Å². The van der Waals surface area contributed by atoms with Gasteiger partial charge in [0.25, 0.3) is 0 Å². The van der Waals surface area contributed by atoms with Crippen LogP contribution in [0, 0.1) is 57.7 Å². The molecule has 0 amide bonds. The van der Waals surface area contributed by atoms with Crippen LogP contribution in [0.4, 0.5) is 0 Å². The molecule has 5 aliphatic carbocycles. The van der Waals surface area contributed by atoms with Gasteiger partial charge in [0.2, 0.25) is 0 Å². The van der Waals surface area contributed by atoms with Crippen LogP contribution in [0.25, 0.3) is 0 Å². The summed E-state index contributed by atoms with van der Waals surface area (Å²) >= 11 is 0. The second-order valence-electron chi connectivity index (χ2n) is 22.1. The van der Waals surface area contributed by atoms with Crippen LogP contribution < -0.4 is 11.1 Å². The van der Waals surface area contributed by atoms with Crippen molar-refractivity contribution >= 4 is 5.78 Å². The highest BCUT2D eigenvalue weighted by atomic mass is 16.6. The number of epoxide rings is 1. The van der Waals surface area contributed by atoms with Crippen LogP contribution in [-0.4, -0.2) is 87.2 Å². The molecule has 318 valence electrons. The number of hydrogen-bond acceptors (Lipinski definition) is 9. The summed E-state index contributed by atoms with van der Waals surface area (Å²) in [6.07, 6.45) is 19.0. The summed E-state index contributed by atoms with van der Waals surface area (Å²) < 4.78 is 13.9. The normalized spacial score (nSPS) is 49.2. The molecule has 7 fully saturated rings. The van der Waals surface area contributed by atoms with Gasteiger partial charge in [-0.3, -0.25) is 4.79 Å². The Bertz CT molecular complexity index is 1480. The number of carbonyl (C=O) groups excluding carboxylic acids is 1. The van der Waals surface area contributed by atoms with Gasteiger partial charge in [-0.1, -0.05) is 66.2 Å². The molecule has 0 spiro atoms. The van der Waals surface area contributed by atoms with Crippen molar-refractivity contribution in [3.8, 4) is 0 Å². The molecule has 0 aromatic heterocycles. The van der Waals surface area contributed by atoms with E-state index in [2.05, 4.69) is 26.1 Å². The molecule has 7 N–H and O–H groups in total. The third-order valence-corrected chi connectivity index (χ3v) is 18.8. The largest absolute Gasteiger partial charge is 0.396 e. The monoisotopic (exact) mass is 783 g/mol. The van der Waals surface area contributed by atoms with Crippen LogP contribution in [0.3, 0.4) is 0 Å². The van der Waals surface area contributed by atoms with Gasteiger partial charge in [-0.2, -0.15) is 0 Å².